The van der Waals surface area contributed by atoms with Crippen molar-refractivity contribution in [3.05, 3.63) is 32.8 Å². The molecule has 0 saturated carbocycles. The predicted octanol–water partition coefficient (Wildman–Crippen LogP) is 4.21. The van der Waals surface area contributed by atoms with E-state index in [9.17, 15) is 4.79 Å². The normalized spacial score (nSPS) is 12.2. The Kier molecular flexibility index (Phi) is 7.67. The monoisotopic (exact) mass is 336 g/mol. The molecule has 1 aromatic carbocycles. The van der Waals surface area contributed by atoms with Crippen molar-refractivity contribution in [2.45, 2.75) is 32.7 Å². The molecule has 1 rings (SSSR count). The first kappa shape index (κ1) is 17.6. The Morgan fingerprint density at radius 3 is 2.55 bits per heavy atom. The molecule has 0 fully saturated rings. The molecular weight excluding hydrogens is 319 g/mol. The lowest BCUT2D eigenvalue weighted by Gasteiger charge is -2.16. The standard InChI is InChI=1S/C14H19Cl3N2O/c1-3-7-19-12(20)6-8-18-9(2)10-4-5-11(15)14(17)13(10)16/h4-5,9,18H,3,6-8H2,1-2H3,(H,19,20). The Bertz CT molecular complexity index is 466. The summed E-state index contributed by atoms with van der Waals surface area (Å²) in [5, 5.41) is 7.33. The van der Waals surface area contributed by atoms with E-state index in [1.54, 1.807) is 6.07 Å². The second kappa shape index (κ2) is 8.73. The Morgan fingerprint density at radius 2 is 1.90 bits per heavy atom. The summed E-state index contributed by atoms with van der Waals surface area (Å²) in [4.78, 5) is 11.5. The molecule has 1 atom stereocenters. The first-order valence-electron chi connectivity index (χ1n) is 6.60. The number of hydrogen-bond acceptors (Lipinski definition) is 2. The molecule has 0 radical (unpaired) electrons. The Balaban J connectivity index is 2.49. The van der Waals surface area contributed by atoms with Crippen LogP contribution in [0, 0.1) is 0 Å². The van der Waals surface area contributed by atoms with E-state index in [0.29, 0.717) is 34.6 Å². The van der Waals surface area contributed by atoms with E-state index < -0.39 is 0 Å². The highest BCUT2D eigenvalue weighted by atomic mass is 35.5. The van der Waals surface area contributed by atoms with Gasteiger partial charge in [-0.2, -0.15) is 0 Å². The molecule has 0 aromatic heterocycles. The van der Waals surface area contributed by atoms with Crippen LogP contribution in [0.5, 0.6) is 0 Å². The number of carbonyl (C=O) groups is 1. The number of hydrogen-bond donors (Lipinski definition) is 2. The molecule has 1 unspecified atom stereocenters. The fraction of sp³-hybridized carbons (Fsp3) is 0.500. The molecule has 1 aromatic rings. The average molecular weight is 338 g/mol. The van der Waals surface area contributed by atoms with E-state index in [-0.39, 0.29) is 11.9 Å². The minimum atomic E-state index is -0.00348. The molecule has 0 aliphatic carbocycles. The van der Waals surface area contributed by atoms with E-state index >= 15 is 0 Å². The van der Waals surface area contributed by atoms with E-state index in [1.165, 1.54) is 0 Å². The summed E-state index contributed by atoms with van der Waals surface area (Å²) in [5.41, 5.74) is 0.870. The highest BCUT2D eigenvalue weighted by Crippen LogP contribution is 2.35. The largest absolute Gasteiger partial charge is 0.356 e. The Labute approximate surface area is 135 Å². The van der Waals surface area contributed by atoms with Gasteiger partial charge in [0.2, 0.25) is 5.91 Å². The van der Waals surface area contributed by atoms with Crippen molar-refractivity contribution < 1.29 is 4.79 Å². The van der Waals surface area contributed by atoms with Gasteiger partial charge >= 0.3 is 0 Å². The molecule has 0 heterocycles. The van der Waals surface area contributed by atoms with Gasteiger partial charge in [-0.3, -0.25) is 4.79 Å². The molecule has 0 spiro atoms. The minimum Gasteiger partial charge on any atom is -0.356 e. The van der Waals surface area contributed by atoms with Crippen LogP contribution in [0.4, 0.5) is 0 Å². The van der Waals surface area contributed by atoms with E-state index in [4.69, 9.17) is 34.8 Å². The third-order valence-corrected chi connectivity index (χ3v) is 4.21. The lowest BCUT2D eigenvalue weighted by atomic mass is 10.1. The van der Waals surface area contributed by atoms with Gasteiger partial charge in [0.1, 0.15) is 0 Å². The maximum absolute atomic E-state index is 11.5. The van der Waals surface area contributed by atoms with Crippen molar-refractivity contribution in [2.24, 2.45) is 0 Å². The van der Waals surface area contributed by atoms with Crippen LogP contribution in [-0.4, -0.2) is 19.0 Å². The smallest absolute Gasteiger partial charge is 0.221 e. The second-order valence-electron chi connectivity index (χ2n) is 4.54. The lowest BCUT2D eigenvalue weighted by Crippen LogP contribution is -2.29. The highest BCUT2D eigenvalue weighted by Gasteiger charge is 2.14. The van der Waals surface area contributed by atoms with Crippen molar-refractivity contribution >= 4 is 40.7 Å². The quantitative estimate of drug-likeness (QED) is 0.732. The van der Waals surface area contributed by atoms with E-state index in [1.807, 2.05) is 19.9 Å². The van der Waals surface area contributed by atoms with Gasteiger partial charge in [-0.15, -0.1) is 0 Å². The zero-order valence-corrected chi connectivity index (χ0v) is 13.9. The fourth-order valence-electron chi connectivity index (χ4n) is 1.74. The maximum Gasteiger partial charge on any atom is 0.221 e. The number of halogens is 3. The summed E-state index contributed by atoms with van der Waals surface area (Å²) in [5.74, 6) is 0.0479. The molecule has 3 nitrogen and oxygen atoms in total. The highest BCUT2D eigenvalue weighted by molar-refractivity contribution is 6.48. The summed E-state index contributed by atoms with van der Waals surface area (Å²) in [6, 6.07) is 3.55. The van der Waals surface area contributed by atoms with Gasteiger partial charge in [0, 0.05) is 25.6 Å². The van der Waals surface area contributed by atoms with Gasteiger partial charge in [-0.25, -0.2) is 0 Å². The third-order valence-electron chi connectivity index (χ3n) is 2.91. The number of carbonyl (C=O) groups excluding carboxylic acids is 1. The Morgan fingerprint density at radius 1 is 1.20 bits per heavy atom. The molecule has 2 N–H and O–H groups in total. The summed E-state index contributed by atoms with van der Waals surface area (Å²) >= 11 is 18.1. The van der Waals surface area contributed by atoms with Crippen LogP contribution in [0.3, 0.4) is 0 Å². The van der Waals surface area contributed by atoms with Crippen molar-refractivity contribution in [3.8, 4) is 0 Å². The molecule has 20 heavy (non-hydrogen) atoms. The zero-order chi connectivity index (χ0) is 15.1. The van der Waals surface area contributed by atoms with Crippen LogP contribution < -0.4 is 10.6 Å². The van der Waals surface area contributed by atoms with Gasteiger partial charge < -0.3 is 10.6 Å². The average Bonchev–Trinajstić information content (AvgIpc) is 2.42. The van der Waals surface area contributed by atoms with Crippen LogP contribution in [-0.2, 0) is 4.79 Å². The molecule has 0 aliphatic rings. The SMILES string of the molecule is CCCNC(=O)CCNC(C)c1ccc(Cl)c(Cl)c1Cl. The van der Waals surface area contributed by atoms with Crippen LogP contribution >= 0.6 is 34.8 Å². The van der Waals surface area contributed by atoms with Crippen LogP contribution in [0.2, 0.25) is 15.1 Å². The minimum absolute atomic E-state index is 0.00348. The maximum atomic E-state index is 11.5. The number of nitrogens with one attached hydrogen (secondary N) is 2. The molecule has 6 heteroatoms. The van der Waals surface area contributed by atoms with Crippen molar-refractivity contribution in [1.82, 2.24) is 10.6 Å². The number of rotatable bonds is 7. The van der Waals surface area contributed by atoms with Gasteiger partial charge in [-0.1, -0.05) is 47.8 Å². The van der Waals surface area contributed by atoms with Gasteiger partial charge in [-0.05, 0) is 25.0 Å². The summed E-state index contributed by atoms with van der Waals surface area (Å²) in [7, 11) is 0. The topological polar surface area (TPSA) is 41.1 Å². The molecule has 0 aliphatic heterocycles. The molecule has 0 bridgehead atoms. The van der Waals surface area contributed by atoms with Crippen molar-refractivity contribution in [3.63, 3.8) is 0 Å². The van der Waals surface area contributed by atoms with Gasteiger partial charge in [0.25, 0.3) is 0 Å². The van der Waals surface area contributed by atoms with Crippen LogP contribution in [0.25, 0.3) is 0 Å². The molecule has 112 valence electrons. The predicted molar refractivity (Wildman–Crippen MR) is 85.8 cm³/mol. The summed E-state index contributed by atoms with van der Waals surface area (Å²) in [6.45, 7) is 5.28. The molecule has 0 saturated heterocycles. The molecular formula is C14H19Cl3N2O. The van der Waals surface area contributed by atoms with E-state index in [2.05, 4.69) is 10.6 Å². The summed E-state index contributed by atoms with van der Waals surface area (Å²) in [6.07, 6.45) is 1.37. The second-order valence-corrected chi connectivity index (χ2v) is 5.70. The van der Waals surface area contributed by atoms with Crippen molar-refractivity contribution in [2.75, 3.05) is 13.1 Å². The Hall–Kier alpha value is -0.480. The van der Waals surface area contributed by atoms with Gasteiger partial charge in [0.05, 0.1) is 15.1 Å². The third kappa shape index (κ3) is 5.13. The first-order chi connectivity index (χ1) is 9.47. The zero-order valence-electron chi connectivity index (χ0n) is 11.6. The lowest BCUT2D eigenvalue weighted by molar-refractivity contribution is -0.121. The first-order valence-corrected chi connectivity index (χ1v) is 7.74. The van der Waals surface area contributed by atoms with Crippen LogP contribution in [0.15, 0.2) is 12.1 Å². The van der Waals surface area contributed by atoms with E-state index in [0.717, 1.165) is 12.0 Å². The van der Waals surface area contributed by atoms with Crippen molar-refractivity contribution in [1.29, 1.82) is 0 Å². The van der Waals surface area contributed by atoms with Gasteiger partial charge in [0.15, 0.2) is 0 Å². The summed E-state index contributed by atoms with van der Waals surface area (Å²) < 4.78 is 0. The number of amides is 1. The number of benzene rings is 1. The van der Waals surface area contributed by atoms with Crippen LogP contribution in [0.1, 0.15) is 38.3 Å². The molecule has 1 amide bonds. The fourth-order valence-corrected chi connectivity index (χ4v) is 2.45.